The lowest BCUT2D eigenvalue weighted by molar-refractivity contribution is -0.145. The molecule has 0 radical (unpaired) electrons. The zero-order valence-corrected chi connectivity index (χ0v) is 17.5. The Balaban J connectivity index is 2.42. The van der Waals surface area contributed by atoms with Gasteiger partial charge in [-0.25, -0.2) is 13.1 Å². The number of carbonyl (C=O) groups is 3. The Morgan fingerprint density at radius 3 is 2.59 bits per heavy atom. The van der Waals surface area contributed by atoms with Crippen molar-refractivity contribution in [2.24, 2.45) is 0 Å². The summed E-state index contributed by atoms with van der Waals surface area (Å²) in [6, 6.07) is 2.59. The molecule has 1 unspecified atom stereocenters. The van der Waals surface area contributed by atoms with Crippen molar-refractivity contribution in [3.8, 4) is 5.75 Å². The summed E-state index contributed by atoms with van der Waals surface area (Å²) in [6.07, 6.45) is -0.301. The van der Waals surface area contributed by atoms with Crippen molar-refractivity contribution in [3.05, 3.63) is 23.8 Å². The molecule has 160 valence electrons. The van der Waals surface area contributed by atoms with Gasteiger partial charge in [0.1, 0.15) is 16.7 Å². The van der Waals surface area contributed by atoms with Gasteiger partial charge in [-0.3, -0.25) is 14.4 Å². The summed E-state index contributed by atoms with van der Waals surface area (Å²) in [5.41, 5.74) is 0.0551. The van der Waals surface area contributed by atoms with Crippen molar-refractivity contribution >= 4 is 27.8 Å². The Kier molecular flexibility index (Phi) is 7.20. The number of hydrogen-bond donors (Lipinski definition) is 2. The molecule has 11 heteroatoms. The summed E-state index contributed by atoms with van der Waals surface area (Å²) < 4.78 is 37.4. The minimum atomic E-state index is -3.94. The van der Waals surface area contributed by atoms with Crippen LogP contribution in [0.4, 0.5) is 0 Å². The van der Waals surface area contributed by atoms with Crippen LogP contribution < -0.4 is 14.8 Å². The molecule has 2 N–H and O–H groups in total. The molecule has 2 rings (SSSR count). The monoisotopic (exact) mass is 427 g/mol. The molecule has 1 atom stereocenters. The molecule has 1 aromatic carbocycles. The number of esters is 1. The van der Waals surface area contributed by atoms with Gasteiger partial charge >= 0.3 is 5.97 Å². The van der Waals surface area contributed by atoms with Crippen LogP contribution in [-0.2, 0) is 24.3 Å². The molecular formula is C18H25N3O7S. The molecule has 0 bridgehead atoms. The van der Waals surface area contributed by atoms with Crippen molar-refractivity contribution in [2.45, 2.75) is 37.2 Å². The van der Waals surface area contributed by atoms with Crippen LogP contribution in [0.3, 0.4) is 0 Å². The van der Waals surface area contributed by atoms with E-state index < -0.39 is 33.8 Å². The lowest BCUT2D eigenvalue weighted by Gasteiger charge is -2.34. The summed E-state index contributed by atoms with van der Waals surface area (Å²) in [5.74, 6) is -1.60. The number of hydrogen-bond acceptors (Lipinski definition) is 7. The Labute approximate surface area is 169 Å². The van der Waals surface area contributed by atoms with Crippen molar-refractivity contribution in [1.82, 2.24) is 14.9 Å². The van der Waals surface area contributed by atoms with Crippen molar-refractivity contribution in [2.75, 3.05) is 27.3 Å². The smallest absolute Gasteiger partial charge is 0.308 e. The standard InChI is InChI=1S/C18H25N3O7S/c1-11(2)20-29(25,26)15-9-12(5-6-14(15)27-3)18(24)21-8-7-19-17(23)13(21)10-16(22)28-4/h5-6,9,11,13,20H,7-8,10H2,1-4H3,(H,19,23). The second-order valence-electron chi connectivity index (χ2n) is 6.73. The first-order valence-corrected chi connectivity index (χ1v) is 10.4. The Bertz CT molecular complexity index is 899. The molecule has 1 aliphatic heterocycles. The molecule has 2 amide bonds. The molecule has 29 heavy (non-hydrogen) atoms. The van der Waals surface area contributed by atoms with E-state index in [9.17, 15) is 22.8 Å². The van der Waals surface area contributed by atoms with Crippen molar-refractivity contribution < 1.29 is 32.3 Å². The molecule has 1 aromatic rings. The van der Waals surface area contributed by atoms with Gasteiger partial charge in [-0.15, -0.1) is 0 Å². The largest absolute Gasteiger partial charge is 0.495 e. The van der Waals surface area contributed by atoms with E-state index in [-0.39, 0.29) is 41.8 Å². The fourth-order valence-electron chi connectivity index (χ4n) is 2.96. The van der Waals surface area contributed by atoms with E-state index in [2.05, 4.69) is 14.8 Å². The van der Waals surface area contributed by atoms with E-state index in [4.69, 9.17) is 4.74 Å². The molecule has 0 aliphatic carbocycles. The van der Waals surface area contributed by atoms with Crippen molar-refractivity contribution in [3.63, 3.8) is 0 Å². The summed E-state index contributed by atoms with van der Waals surface area (Å²) in [4.78, 5) is 38.0. The first kappa shape index (κ1) is 22.6. The number of methoxy groups -OCH3 is 2. The maximum absolute atomic E-state index is 13.1. The van der Waals surface area contributed by atoms with Gasteiger partial charge in [0.15, 0.2) is 0 Å². The summed E-state index contributed by atoms with van der Waals surface area (Å²) in [7, 11) is -1.42. The van der Waals surface area contributed by atoms with E-state index in [1.165, 1.54) is 37.3 Å². The summed E-state index contributed by atoms with van der Waals surface area (Å²) >= 11 is 0. The van der Waals surface area contributed by atoms with Gasteiger partial charge in [0.05, 0.1) is 20.6 Å². The lowest BCUT2D eigenvalue weighted by atomic mass is 10.1. The molecule has 10 nitrogen and oxygen atoms in total. The maximum atomic E-state index is 13.1. The van der Waals surface area contributed by atoms with Crippen LogP contribution in [0.25, 0.3) is 0 Å². The third-order valence-corrected chi connectivity index (χ3v) is 5.95. The van der Waals surface area contributed by atoms with Crippen molar-refractivity contribution in [1.29, 1.82) is 0 Å². The van der Waals surface area contributed by atoms with Gasteiger partial charge in [0.2, 0.25) is 15.9 Å². The highest BCUT2D eigenvalue weighted by molar-refractivity contribution is 7.89. The van der Waals surface area contributed by atoms with Crippen LogP contribution in [0.2, 0.25) is 0 Å². The SMILES string of the molecule is COC(=O)CC1C(=O)NCCN1C(=O)c1ccc(OC)c(S(=O)(=O)NC(C)C)c1. The second kappa shape index (κ2) is 9.23. The highest BCUT2D eigenvalue weighted by Crippen LogP contribution is 2.26. The molecular weight excluding hydrogens is 402 g/mol. The van der Waals surface area contributed by atoms with E-state index >= 15 is 0 Å². The number of nitrogens with zero attached hydrogens (tertiary/aromatic N) is 1. The van der Waals surface area contributed by atoms with E-state index in [0.29, 0.717) is 0 Å². The number of nitrogens with one attached hydrogen (secondary N) is 2. The second-order valence-corrected chi connectivity index (χ2v) is 8.41. The molecule has 1 aliphatic rings. The Morgan fingerprint density at radius 1 is 1.31 bits per heavy atom. The number of ether oxygens (including phenoxy) is 2. The topological polar surface area (TPSA) is 131 Å². The van der Waals surface area contributed by atoms with Gasteiger partial charge in [-0.2, -0.15) is 0 Å². The Hall–Kier alpha value is -2.66. The number of rotatable bonds is 7. The summed E-state index contributed by atoms with van der Waals surface area (Å²) in [5, 5.41) is 2.61. The molecule has 1 heterocycles. The van der Waals surface area contributed by atoms with Gasteiger partial charge in [0, 0.05) is 24.7 Å². The average molecular weight is 427 g/mol. The molecule has 0 aromatic heterocycles. The number of sulfonamides is 1. The third-order valence-electron chi connectivity index (χ3n) is 4.27. The van der Waals surface area contributed by atoms with Crippen LogP contribution in [0.15, 0.2) is 23.1 Å². The minimum Gasteiger partial charge on any atom is -0.495 e. The summed E-state index contributed by atoms with van der Waals surface area (Å²) in [6.45, 7) is 3.73. The molecule has 1 fully saturated rings. The molecule has 0 saturated carbocycles. The van der Waals surface area contributed by atoms with Gasteiger partial charge in [-0.05, 0) is 32.0 Å². The predicted molar refractivity (Wildman–Crippen MR) is 103 cm³/mol. The molecule has 0 spiro atoms. The number of carbonyl (C=O) groups excluding carboxylic acids is 3. The number of amides is 2. The Morgan fingerprint density at radius 2 is 2.00 bits per heavy atom. The highest BCUT2D eigenvalue weighted by Gasteiger charge is 2.36. The number of benzene rings is 1. The quantitative estimate of drug-likeness (QED) is 0.580. The van der Waals surface area contributed by atoms with Gasteiger partial charge < -0.3 is 19.7 Å². The van der Waals surface area contributed by atoms with Gasteiger partial charge in [-0.1, -0.05) is 0 Å². The fraction of sp³-hybridized carbons (Fsp3) is 0.500. The first-order chi connectivity index (χ1) is 13.6. The zero-order valence-electron chi connectivity index (χ0n) is 16.7. The minimum absolute atomic E-state index is 0.0551. The molecule has 1 saturated heterocycles. The van der Waals surface area contributed by atoms with E-state index in [1.54, 1.807) is 13.8 Å². The average Bonchev–Trinajstić information content (AvgIpc) is 2.67. The normalized spacial score (nSPS) is 17.1. The predicted octanol–water partition coefficient (Wildman–Crippen LogP) is -0.114. The fourth-order valence-corrected chi connectivity index (χ4v) is 4.41. The van der Waals surface area contributed by atoms with Crippen LogP contribution >= 0.6 is 0 Å². The van der Waals surface area contributed by atoms with Crippen LogP contribution in [0.5, 0.6) is 5.75 Å². The van der Waals surface area contributed by atoms with Crippen LogP contribution in [0, 0.1) is 0 Å². The first-order valence-electron chi connectivity index (χ1n) is 8.96. The van der Waals surface area contributed by atoms with Crippen LogP contribution in [-0.4, -0.2) is 70.5 Å². The maximum Gasteiger partial charge on any atom is 0.308 e. The van der Waals surface area contributed by atoms with E-state index in [0.717, 1.165) is 0 Å². The highest BCUT2D eigenvalue weighted by atomic mass is 32.2. The number of piperazine rings is 1. The van der Waals surface area contributed by atoms with Crippen LogP contribution in [0.1, 0.15) is 30.6 Å². The lowest BCUT2D eigenvalue weighted by Crippen LogP contribution is -2.57. The van der Waals surface area contributed by atoms with Gasteiger partial charge in [0.25, 0.3) is 5.91 Å². The zero-order chi connectivity index (χ0) is 21.8. The van der Waals surface area contributed by atoms with E-state index in [1.807, 2.05) is 0 Å². The third kappa shape index (κ3) is 5.24.